The first-order valence-corrected chi connectivity index (χ1v) is 11.1. The number of hydrogen-bond acceptors (Lipinski definition) is 7. The van der Waals surface area contributed by atoms with E-state index < -0.39 is 16.0 Å². The second kappa shape index (κ2) is 9.21. The third kappa shape index (κ3) is 4.76. The first-order valence-electron chi connectivity index (χ1n) is 9.59. The van der Waals surface area contributed by atoms with Gasteiger partial charge in [-0.05, 0) is 31.0 Å². The third-order valence-corrected chi connectivity index (χ3v) is 6.31. The van der Waals surface area contributed by atoms with Gasteiger partial charge in [0.1, 0.15) is 16.4 Å². The highest BCUT2D eigenvalue weighted by Gasteiger charge is 2.25. The van der Waals surface area contributed by atoms with Crippen LogP contribution in [0.5, 0.6) is 11.5 Å². The highest BCUT2D eigenvalue weighted by atomic mass is 32.2. The third-order valence-electron chi connectivity index (χ3n) is 4.92. The topological polar surface area (TPSA) is 118 Å². The number of aromatic carboxylic acids is 1. The fourth-order valence-corrected chi connectivity index (χ4v) is 4.62. The number of sulfonamides is 1. The van der Waals surface area contributed by atoms with Crippen LogP contribution >= 0.6 is 0 Å². The Balaban J connectivity index is 2.05. The molecule has 1 aliphatic heterocycles. The zero-order valence-corrected chi connectivity index (χ0v) is 17.7. The van der Waals surface area contributed by atoms with Crippen molar-refractivity contribution in [2.24, 2.45) is 0 Å². The maximum atomic E-state index is 13.2. The zero-order valence-electron chi connectivity index (χ0n) is 16.9. The van der Waals surface area contributed by atoms with Crippen LogP contribution in [0, 0.1) is 0 Å². The van der Waals surface area contributed by atoms with E-state index in [1.165, 1.54) is 38.6 Å². The average Bonchev–Trinajstić information content (AvgIpc) is 3.02. The van der Waals surface area contributed by atoms with E-state index >= 15 is 0 Å². The molecule has 2 aromatic rings. The number of nitrogens with one attached hydrogen (secondary N) is 1. The quantitative estimate of drug-likeness (QED) is 0.681. The Labute approximate surface area is 175 Å². The summed E-state index contributed by atoms with van der Waals surface area (Å²) in [6.45, 7) is 1.44. The molecule has 0 aliphatic carbocycles. The first-order chi connectivity index (χ1) is 14.4. The maximum Gasteiger partial charge on any atom is 0.337 e. The lowest BCUT2D eigenvalue weighted by Gasteiger charge is -2.24. The molecule has 9 nitrogen and oxygen atoms in total. The van der Waals surface area contributed by atoms with Crippen LogP contribution in [0.2, 0.25) is 0 Å². The minimum atomic E-state index is -4.12. The molecule has 0 saturated carbocycles. The van der Waals surface area contributed by atoms with Gasteiger partial charge >= 0.3 is 5.97 Å². The molecule has 1 aromatic carbocycles. The Bertz CT molecular complexity index is 1020. The van der Waals surface area contributed by atoms with Crippen LogP contribution in [-0.4, -0.2) is 51.8 Å². The van der Waals surface area contributed by atoms with E-state index in [4.69, 9.17) is 9.47 Å². The monoisotopic (exact) mass is 435 g/mol. The summed E-state index contributed by atoms with van der Waals surface area (Å²) in [6, 6.07) is 5.73. The van der Waals surface area contributed by atoms with E-state index in [2.05, 4.69) is 9.71 Å². The number of nitrogens with zero attached hydrogens (tertiary/aromatic N) is 2. The van der Waals surface area contributed by atoms with E-state index in [-0.39, 0.29) is 21.9 Å². The molecule has 2 N–H and O–H groups in total. The van der Waals surface area contributed by atoms with Gasteiger partial charge in [0.25, 0.3) is 10.0 Å². The van der Waals surface area contributed by atoms with Crippen molar-refractivity contribution in [3.63, 3.8) is 0 Å². The normalized spacial score (nSPS) is 14.7. The number of anilines is 2. The van der Waals surface area contributed by atoms with Gasteiger partial charge in [0.05, 0.1) is 25.5 Å². The first kappa shape index (κ1) is 21.7. The van der Waals surface area contributed by atoms with Crippen LogP contribution in [0.15, 0.2) is 35.4 Å². The summed E-state index contributed by atoms with van der Waals surface area (Å²) in [5, 5.41) is 9.35. The molecule has 0 amide bonds. The smallest absolute Gasteiger partial charge is 0.337 e. The number of rotatable bonds is 7. The van der Waals surface area contributed by atoms with E-state index in [1.54, 1.807) is 6.07 Å². The number of methoxy groups -OCH3 is 2. The molecule has 0 unspecified atom stereocenters. The van der Waals surface area contributed by atoms with Crippen molar-refractivity contribution in [3.8, 4) is 11.5 Å². The van der Waals surface area contributed by atoms with Crippen LogP contribution in [0.25, 0.3) is 0 Å². The number of ether oxygens (including phenoxy) is 2. The molecule has 1 saturated heterocycles. The number of benzene rings is 1. The van der Waals surface area contributed by atoms with Gasteiger partial charge in [0, 0.05) is 25.4 Å². The van der Waals surface area contributed by atoms with Crippen molar-refractivity contribution in [1.82, 2.24) is 4.98 Å². The summed E-state index contributed by atoms with van der Waals surface area (Å²) in [4.78, 5) is 17.6. The summed E-state index contributed by atoms with van der Waals surface area (Å²) in [6.07, 6.45) is 5.33. The molecule has 0 bridgehead atoms. The van der Waals surface area contributed by atoms with Crippen LogP contribution in [0.1, 0.15) is 36.0 Å². The number of aromatic nitrogens is 1. The Morgan fingerprint density at radius 1 is 1.10 bits per heavy atom. The van der Waals surface area contributed by atoms with Crippen LogP contribution in [0.3, 0.4) is 0 Å². The molecular formula is C20H25N3O6S. The zero-order chi connectivity index (χ0) is 21.7. The van der Waals surface area contributed by atoms with Crippen molar-refractivity contribution in [1.29, 1.82) is 0 Å². The second-order valence-corrected chi connectivity index (χ2v) is 8.57. The molecular weight excluding hydrogens is 410 g/mol. The Hall–Kier alpha value is -3.01. The SMILES string of the molecule is COc1ccc(OC)c(S(=O)(=O)Nc2cc(C(=O)O)cnc2N2CCCCCC2)c1. The predicted molar refractivity (Wildman–Crippen MR) is 112 cm³/mol. The Morgan fingerprint density at radius 2 is 1.80 bits per heavy atom. The summed E-state index contributed by atoms with van der Waals surface area (Å²) >= 11 is 0. The maximum absolute atomic E-state index is 13.2. The van der Waals surface area contributed by atoms with Gasteiger partial charge in [-0.25, -0.2) is 18.2 Å². The standard InChI is InChI=1S/C20H25N3O6S/c1-28-15-7-8-17(29-2)18(12-15)30(26,27)22-16-11-14(20(24)25)13-21-19(16)23-9-5-3-4-6-10-23/h7-8,11-13,22H,3-6,9-10H2,1-2H3,(H,24,25). The largest absolute Gasteiger partial charge is 0.497 e. The fraction of sp³-hybridized carbons (Fsp3) is 0.400. The van der Waals surface area contributed by atoms with Crippen molar-refractivity contribution in [3.05, 3.63) is 36.0 Å². The molecule has 0 spiro atoms. The molecule has 0 atom stereocenters. The van der Waals surface area contributed by atoms with Gasteiger partial charge in [0.2, 0.25) is 0 Å². The van der Waals surface area contributed by atoms with Crippen LogP contribution in [0.4, 0.5) is 11.5 Å². The number of carbonyl (C=O) groups is 1. The highest BCUT2D eigenvalue weighted by Crippen LogP contribution is 2.33. The number of pyridine rings is 1. The average molecular weight is 436 g/mol. The number of carboxylic acid groups (broad SMARTS) is 1. The summed E-state index contributed by atoms with van der Waals surface area (Å²) in [5.74, 6) is -0.292. The minimum absolute atomic E-state index is 0.108. The van der Waals surface area contributed by atoms with Gasteiger partial charge in [-0.1, -0.05) is 12.8 Å². The summed E-state index contributed by atoms with van der Waals surface area (Å²) < 4.78 is 39.2. The van der Waals surface area contributed by atoms with E-state index in [0.29, 0.717) is 11.6 Å². The van der Waals surface area contributed by atoms with Crippen molar-refractivity contribution in [2.45, 2.75) is 30.6 Å². The molecule has 2 heterocycles. The number of hydrogen-bond donors (Lipinski definition) is 2. The fourth-order valence-electron chi connectivity index (χ4n) is 3.38. The molecule has 1 aromatic heterocycles. The Morgan fingerprint density at radius 3 is 2.40 bits per heavy atom. The van der Waals surface area contributed by atoms with Gasteiger partial charge in [-0.2, -0.15) is 0 Å². The lowest BCUT2D eigenvalue weighted by molar-refractivity contribution is 0.0696. The predicted octanol–water partition coefficient (Wildman–Crippen LogP) is 2.98. The molecule has 3 rings (SSSR count). The van der Waals surface area contributed by atoms with Crippen molar-refractivity contribution in [2.75, 3.05) is 36.9 Å². The summed E-state index contributed by atoms with van der Waals surface area (Å²) in [7, 11) is -1.31. The van der Waals surface area contributed by atoms with Crippen molar-refractivity contribution >= 4 is 27.5 Å². The summed E-state index contributed by atoms with van der Waals surface area (Å²) in [5.41, 5.74) is 0.00514. The molecule has 0 radical (unpaired) electrons. The lowest BCUT2D eigenvalue weighted by atomic mass is 10.2. The molecule has 1 fully saturated rings. The highest BCUT2D eigenvalue weighted by molar-refractivity contribution is 7.92. The Kier molecular flexibility index (Phi) is 6.66. The molecule has 10 heteroatoms. The van der Waals surface area contributed by atoms with E-state index in [0.717, 1.165) is 38.8 Å². The van der Waals surface area contributed by atoms with Crippen LogP contribution in [-0.2, 0) is 10.0 Å². The lowest BCUT2D eigenvalue weighted by Crippen LogP contribution is -2.27. The van der Waals surface area contributed by atoms with E-state index in [9.17, 15) is 18.3 Å². The van der Waals surface area contributed by atoms with Crippen LogP contribution < -0.4 is 19.1 Å². The van der Waals surface area contributed by atoms with Gasteiger partial charge < -0.3 is 19.5 Å². The van der Waals surface area contributed by atoms with Gasteiger partial charge in [0.15, 0.2) is 5.82 Å². The van der Waals surface area contributed by atoms with E-state index in [1.807, 2.05) is 4.90 Å². The van der Waals surface area contributed by atoms with Gasteiger partial charge in [-0.15, -0.1) is 0 Å². The molecule has 1 aliphatic rings. The van der Waals surface area contributed by atoms with Gasteiger partial charge in [-0.3, -0.25) is 4.72 Å². The van der Waals surface area contributed by atoms with Crippen molar-refractivity contribution < 1.29 is 27.8 Å². The number of carboxylic acids is 1. The molecule has 30 heavy (non-hydrogen) atoms. The molecule has 162 valence electrons. The second-order valence-electron chi connectivity index (χ2n) is 6.92. The minimum Gasteiger partial charge on any atom is -0.497 e.